The summed E-state index contributed by atoms with van der Waals surface area (Å²) in [6, 6.07) is 4.95. The average molecular weight is 270 g/mol. The highest BCUT2D eigenvalue weighted by Gasteiger charge is 2.18. The van der Waals surface area contributed by atoms with Gasteiger partial charge in [0.1, 0.15) is 0 Å². The average Bonchev–Trinajstić information content (AvgIpc) is 2.89. The van der Waals surface area contributed by atoms with Crippen LogP contribution < -0.4 is 16.6 Å². The number of amides is 1. The number of carbonyl (C=O) groups is 1. The van der Waals surface area contributed by atoms with Crippen molar-refractivity contribution in [3.05, 3.63) is 28.8 Å². The number of carbonyl (C=O) groups excluding carboxylic acids is 1. The first-order chi connectivity index (χ1) is 8.70. The molecule has 1 saturated heterocycles. The van der Waals surface area contributed by atoms with Crippen LogP contribution in [0.2, 0.25) is 5.02 Å². The first kappa shape index (κ1) is 13.1. The van der Waals surface area contributed by atoms with Gasteiger partial charge in [0.05, 0.1) is 17.9 Å². The maximum Gasteiger partial charge on any atom is 0.253 e. The van der Waals surface area contributed by atoms with Crippen LogP contribution in [0.1, 0.15) is 16.8 Å². The number of nitrogen functional groups attached to an aromatic ring is 1. The zero-order chi connectivity index (χ0) is 13.0. The summed E-state index contributed by atoms with van der Waals surface area (Å²) in [7, 11) is 0. The lowest BCUT2D eigenvalue weighted by atomic mass is 10.1. The van der Waals surface area contributed by atoms with Crippen LogP contribution in [0.4, 0.5) is 5.69 Å². The Morgan fingerprint density at radius 1 is 1.56 bits per heavy atom. The van der Waals surface area contributed by atoms with Crippen molar-refractivity contribution < 1.29 is 9.53 Å². The Hall–Kier alpha value is -1.30. The Labute approximate surface area is 111 Å². The first-order valence-corrected chi connectivity index (χ1v) is 6.20. The van der Waals surface area contributed by atoms with Crippen LogP contribution in [0.3, 0.4) is 0 Å². The summed E-state index contributed by atoms with van der Waals surface area (Å²) in [6.45, 7) is 2.08. The zero-order valence-corrected chi connectivity index (χ0v) is 10.7. The van der Waals surface area contributed by atoms with Gasteiger partial charge < -0.3 is 15.5 Å². The van der Waals surface area contributed by atoms with E-state index in [0.717, 1.165) is 13.0 Å². The molecule has 2 rings (SSSR count). The van der Waals surface area contributed by atoms with Gasteiger partial charge in [-0.25, -0.2) is 0 Å². The maximum absolute atomic E-state index is 12.0. The molecule has 1 aromatic rings. The Morgan fingerprint density at radius 2 is 2.39 bits per heavy atom. The van der Waals surface area contributed by atoms with Crippen LogP contribution >= 0.6 is 11.6 Å². The first-order valence-electron chi connectivity index (χ1n) is 5.83. The topological polar surface area (TPSA) is 76.4 Å². The van der Waals surface area contributed by atoms with E-state index in [1.165, 1.54) is 0 Å². The molecule has 0 saturated carbocycles. The van der Waals surface area contributed by atoms with Crippen LogP contribution in [0.25, 0.3) is 0 Å². The van der Waals surface area contributed by atoms with Crippen molar-refractivity contribution in [3.8, 4) is 0 Å². The van der Waals surface area contributed by atoms with Gasteiger partial charge in [-0.3, -0.25) is 10.6 Å². The number of hydrogen-bond donors (Lipinski definition) is 3. The third-order valence-corrected chi connectivity index (χ3v) is 3.19. The SMILES string of the molecule is NNc1ccc(Cl)cc1C(=O)NCC1CCOC1. The monoisotopic (exact) mass is 269 g/mol. The molecule has 5 nitrogen and oxygen atoms in total. The molecule has 0 bridgehead atoms. The Balaban J connectivity index is 2.00. The minimum atomic E-state index is -0.183. The zero-order valence-electron chi connectivity index (χ0n) is 9.91. The van der Waals surface area contributed by atoms with Crippen molar-refractivity contribution in [1.29, 1.82) is 0 Å². The van der Waals surface area contributed by atoms with Crippen molar-refractivity contribution in [2.24, 2.45) is 11.8 Å². The number of ether oxygens (including phenoxy) is 1. The Kier molecular flexibility index (Phi) is 4.41. The lowest BCUT2D eigenvalue weighted by Gasteiger charge is -2.12. The van der Waals surface area contributed by atoms with Gasteiger partial charge in [-0.15, -0.1) is 0 Å². The van der Waals surface area contributed by atoms with E-state index in [1.807, 2.05) is 0 Å². The largest absolute Gasteiger partial charge is 0.381 e. The molecule has 1 atom stereocenters. The fraction of sp³-hybridized carbons (Fsp3) is 0.417. The van der Waals surface area contributed by atoms with E-state index in [2.05, 4.69) is 10.7 Å². The number of benzene rings is 1. The second-order valence-corrected chi connectivity index (χ2v) is 4.71. The van der Waals surface area contributed by atoms with Crippen LogP contribution in [0.15, 0.2) is 18.2 Å². The van der Waals surface area contributed by atoms with E-state index in [4.69, 9.17) is 22.2 Å². The van der Waals surface area contributed by atoms with E-state index < -0.39 is 0 Å². The lowest BCUT2D eigenvalue weighted by Crippen LogP contribution is -2.30. The molecule has 0 aliphatic carbocycles. The molecule has 1 aliphatic heterocycles. The number of nitrogens with one attached hydrogen (secondary N) is 2. The van der Waals surface area contributed by atoms with E-state index in [0.29, 0.717) is 35.3 Å². The molecular weight excluding hydrogens is 254 g/mol. The second-order valence-electron chi connectivity index (χ2n) is 4.27. The second kappa shape index (κ2) is 6.04. The summed E-state index contributed by atoms with van der Waals surface area (Å²) in [6.07, 6.45) is 0.984. The molecule has 1 aromatic carbocycles. The summed E-state index contributed by atoms with van der Waals surface area (Å²) >= 11 is 5.88. The van der Waals surface area contributed by atoms with Crippen molar-refractivity contribution >= 4 is 23.2 Å². The highest BCUT2D eigenvalue weighted by atomic mass is 35.5. The third kappa shape index (κ3) is 3.13. The van der Waals surface area contributed by atoms with Crippen molar-refractivity contribution in [3.63, 3.8) is 0 Å². The number of anilines is 1. The molecule has 0 radical (unpaired) electrons. The lowest BCUT2D eigenvalue weighted by molar-refractivity contribution is 0.0946. The van der Waals surface area contributed by atoms with E-state index in [9.17, 15) is 4.79 Å². The van der Waals surface area contributed by atoms with Crippen LogP contribution in [0.5, 0.6) is 0 Å². The van der Waals surface area contributed by atoms with Crippen molar-refractivity contribution in [1.82, 2.24) is 5.32 Å². The summed E-state index contributed by atoms with van der Waals surface area (Å²) in [5, 5.41) is 3.37. The molecule has 0 spiro atoms. The molecule has 1 heterocycles. The number of halogens is 1. The standard InChI is InChI=1S/C12H16ClN3O2/c13-9-1-2-11(16-14)10(5-9)12(17)15-6-8-3-4-18-7-8/h1-2,5,8,16H,3-4,6-7,14H2,(H,15,17). The van der Waals surface area contributed by atoms with Crippen molar-refractivity contribution in [2.45, 2.75) is 6.42 Å². The van der Waals surface area contributed by atoms with Gasteiger partial charge in [0, 0.05) is 24.1 Å². The van der Waals surface area contributed by atoms with E-state index in [-0.39, 0.29) is 5.91 Å². The van der Waals surface area contributed by atoms with E-state index >= 15 is 0 Å². The van der Waals surface area contributed by atoms with Gasteiger partial charge >= 0.3 is 0 Å². The fourth-order valence-corrected chi connectivity index (χ4v) is 2.08. The quantitative estimate of drug-likeness (QED) is 0.570. The number of nitrogens with two attached hydrogens (primary N) is 1. The molecule has 18 heavy (non-hydrogen) atoms. The van der Waals surface area contributed by atoms with E-state index in [1.54, 1.807) is 18.2 Å². The van der Waals surface area contributed by atoms with Gasteiger partial charge in [-0.05, 0) is 24.6 Å². The van der Waals surface area contributed by atoms with Gasteiger partial charge in [0.2, 0.25) is 0 Å². The van der Waals surface area contributed by atoms with Crippen LogP contribution in [0, 0.1) is 5.92 Å². The molecular formula is C12H16ClN3O2. The number of rotatable bonds is 4. The highest BCUT2D eigenvalue weighted by Crippen LogP contribution is 2.20. The summed E-state index contributed by atoms with van der Waals surface area (Å²) < 4.78 is 5.25. The Bertz CT molecular complexity index is 433. The molecule has 6 heteroatoms. The third-order valence-electron chi connectivity index (χ3n) is 2.96. The maximum atomic E-state index is 12.0. The number of hydrazine groups is 1. The molecule has 1 unspecified atom stereocenters. The van der Waals surface area contributed by atoms with Crippen LogP contribution in [-0.2, 0) is 4.74 Å². The molecule has 0 aromatic heterocycles. The van der Waals surface area contributed by atoms with Crippen molar-refractivity contribution in [2.75, 3.05) is 25.2 Å². The fourth-order valence-electron chi connectivity index (χ4n) is 1.91. The van der Waals surface area contributed by atoms with Gasteiger partial charge in [0.25, 0.3) is 5.91 Å². The predicted molar refractivity (Wildman–Crippen MR) is 70.5 cm³/mol. The van der Waals surface area contributed by atoms with Gasteiger partial charge in [-0.2, -0.15) is 0 Å². The normalized spacial score (nSPS) is 18.7. The minimum absolute atomic E-state index is 0.183. The molecule has 1 aliphatic rings. The highest BCUT2D eigenvalue weighted by molar-refractivity contribution is 6.31. The molecule has 98 valence electrons. The van der Waals surface area contributed by atoms with Gasteiger partial charge in [-0.1, -0.05) is 11.6 Å². The van der Waals surface area contributed by atoms with Crippen LogP contribution in [-0.4, -0.2) is 25.7 Å². The molecule has 1 amide bonds. The molecule has 1 fully saturated rings. The predicted octanol–water partition coefficient (Wildman–Crippen LogP) is 1.39. The summed E-state index contributed by atoms with van der Waals surface area (Å²) in [5.41, 5.74) is 3.49. The molecule has 4 N–H and O–H groups in total. The summed E-state index contributed by atoms with van der Waals surface area (Å²) in [4.78, 5) is 12.0. The number of hydrogen-bond acceptors (Lipinski definition) is 4. The minimum Gasteiger partial charge on any atom is -0.381 e. The smallest absolute Gasteiger partial charge is 0.253 e. The van der Waals surface area contributed by atoms with Gasteiger partial charge in [0.15, 0.2) is 0 Å². The summed E-state index contributed by atoms with van der Waals surface area (Å²) in [5.74, 6) is 5.57. The Morgan fingerprint density at radius 3 is 3.06 bits per heavy atom.